The Hall–Kier alpha value is -3.08. The third-order valence-electron chi connectivity index (χ3n) is 4.25. The van der Waals surface area contributed by atoms with E-state index in [1.807, 2.05) is 12.1 Å². The first-order valence-electron chi connectivity index (χ1n) is 8.41. The third-order valence-corrected chi connectivity index (χ3v) is 4.79. The van der Waals surface area contributed by atoms with Crippen LogP contribution in [0.3, 0.4) is 0 Å². The van der Waals surface area contributed by atoms with Crippen LogP contribution in [0.4, 0.5) is 5.69 Å². The molecular formula is C22H13Cl2NO3. The smallest absolute Gasteiger partial charge is 0.344 e. The number of carbonyl (C=O) groups excluding carboxylic acids is 1. The van der Waals surface area contributed by atoms with Gasteiger partial charge in [0.2, 0.25) is 0 Å². The molecule has 6 heteroatoms. The molecule has 0 spiro atoms. The van der Waals surface area contributed by atoms with Crippen molar-refractivity contribution < 1.29 is 9.21 Å². The number of amides is 1. The van der Waals surface area contributed by atoms with E-state index in [4.69, 9.17) is 27.6 Å². The Labute approximate surface area is 170 Å². The van der Waals surface area contributed by atoms with Gasteiger partial charge in [-0.05, 0) is 42.5 Å². The van der Waals surface area contributed by atoms with Crippen LogP contribution in [0.1, 0.15) is 10.4 Å². The van der Waals surface area contributed by atoms with Crippen molar-refractivity contribution in [2.45, 2.75) is 0 Å². The molecule has 138 valence electrons. The quantitative estimate of drug-likeness (QED) is 0.420. The predicted octanol–water partition coefficient (Wildman–Crippen LogP) is 6.02. The normalized spacial score (nSPS) is 10.8. The van der Waals surface area contributed by atoms with Gasteiger partial charge in [0.05, 0.1) is 10.6 Å². The highest BCUT2D eigenvalue weighted by atomic mass is 35.5. The number of rotatable bonds is 3. The van der Waals surface area contributed by atoms with Gasteiger partial charge in [0.25, 0.3) is 5.91 Å². The Morgan fingerprint density at radius 3 is 2.46 bits per heavy atom. The first-order valence-corrected chi connectivity index (χ1v) is 9.16. The molecule has 1 aromatic heterocycles. The van der Waals surface area contributed by atoms with Crippen LogP contribution in [-0.2, 0) is 0 Å². The molecule has 0 radical (unpaired) electrons. The summed E-state index contributed by atoms with van der Waals surface area (Å²) in [6.07, 6.45) is 0. The van der Waals surface area contributed by atoms with Crippen LogP contribution in [0.2, 0.25) is 10.0 Å². The Bertz CT molecular complexity index is 1260. The van der Waals surface area contributed by atoms with E-state index >= 15 is 0 Å². The molecule has 0 bridgehead atoms. The van der Waals surface area contributed by atoms with Crippen LogP contribution in [0, 0.1) is 0 Å². The number of hydrogen-bond donors (Lipinski definition) is 1. The molecule has 1 amide bonds. The number of carbonyl (C=O) groups is 1. The van der Waals surface area contributed by atoms with Crippen LogP contribution in [0.5, 0.6) is 0 Å². The van der Waals surface area contributed by atoms with Crippen LogP contribution in [-0.4, -0.2) is 5.91 Å². The van der Waals surface area contributed by atoms with Gasteiger partial charge in [-0.3, -0.25) is 4.79 Å². The molecule has 0 fully saturated rings. The van der Waals surface area contributed by atoms with Crippen molar-refractivity contribution in [1.82, 2.24) is 0 Å². The van der Waals surface area contributed by atoms with Gasteiger partial charge in [-0.25, -0.2) is 4.79 Å². The molecule has 4 rings (SSSR count). The summed E-state index contributed by atoms with van der Waals surface area (Å²) in [5.41, 5.74) is 1.86. The summed E-state index contributed by atoms with van der Waals surface area (Å²) < 4.78 is 5.37. The van der Waals surface area contributed by atoms with Crippen LogP contribution < -0.4 is 10.9 Å². The summed E-state index contributed by atoms with van der Waals surface area (Å²) in [6.45, 7) is 0. The number of hydrogen-bond acceptors (Lipinski definition) is 3. The lowest BCUT2D eigenvalue weighted by Crippen LogP contribution is -2.12. The van der Waals surface area contributed by atoms with Crippen LogP contribution in [0.25, 0.3) is 22.1 Å². The van der Waals surface area contributed by atoms with Gasteiger partial charge in [0.1, 0.15) is 5.58 Å². The maximum Gasteiger partial charge on any atom is 0.344 e. The summed E-state index contributed by atoms with van der Waals surface area (Å²) in [5.74, 6) is -0.309. The van der Waals surface area contributed by atoms with E-state index in [1.54, 1.807) is 60.7 Å². The number of fused-ring (bicyclic) bond motifs is 1. The van der Waals surface area contributed by atoms with Crippen molar-refractivity contribution in [3.05, 3.63) is 98.8 Å². The van der Waals surface area contributed by atoms with E-state index in [0.717, 1.165) is 5.39 Å². The molecule has 1 heterocycles. The van der Waals surface area contributed by atoms with E-state index in [9.17, 15) is 9.59 Å². The number of nitrogens with one attached hydrogen (secondary N) is 1. The van der Waals surface area contributed by atoms with Gasteiger partial charge in [-0.15, -0.1) is 0 Å². The first kappa shape index (κ1) is 18.3. The van der Waals surface area contributed by atoms with Gasteiger partial charge in [0, 0.05) is 27.2 Å². The molecule has 28 heavy (non-hydrogen) atoms. The van der Waals surface area contributed by atoms with Crippen molar-refractivity contribution in [1.29, 1.82) is 0 Å². The average Bonchev–Trinajstić information content (AvgIpc) is 2.68. The summed E-state index contributed by atoms with van der Waals surface area (Å²) in [6, 6.07) is 20.6. The van der Waals surface area contributed by atoms with E-state index in [1.165, 1.54) is 0 Å². The van der Waals surface area contributed by atoms with Crippen molar-refractivity contribution in [3.63, 3.8) is 0 Å². The minimum absolute atomic E-state index is 0.309. The number of para-hydroxylation sites is 1. The highest BCUT2D eigenvalue weighted by molar-refractivity contribution is 6.33. The predicted molar refractivity (Wildman–Crippen MR) is 112 cm³/mol. The lowest BCUT2D eigenvalue weighted by atomic mass is 10.1. The second-order valence-corrected chi connectivity index (χ2v) is 6.99. The molecule has 1 N–H and O–H groups in total. The van der Waals surface area contributed by atoms with Crippen molar-refractivity contribution in [2.75, 3.05) is 5.32 Å². The molecular weight excluding hydrogens is 397 g/mol. The maximum absolute atomic E-state index is 12.4. The summed E-state index contributed by atoms with van der Waals surface area (Å²) >= 11 is 12.3. The number of halogens is 2. The molecule has 0 saturated carbocycles. The lowest BCUT2D eigenvalue weighted by Gasteiger charge is -2.09. The highest BCUT2D eigenvalue weighted by Gasteiger charge is 2.13. The lowest BCUT2D eigenvalue weighted by molar-refractivity contribution is 0.102. The van der Waals surface area contributed by atoms with Crippen LogP contribution in [0.15, 0.2) is 82.0 Å². The number of anilines is 1. The minimum atomic E-state index is -0.476. The van der Waals surface area contributed by atoms with E-state index in [0.29, 0.717) is 38.0 Å². The second kappa shape index (κ2) is 7.50. The van der Waals surface area contributed by atoms with E-state index in [-0.39, 0.29) is 5.91 Å². The summed E-state index contributed by atoms with van der Waals surface area (Å²) in [5, 5.41) is 4.36. The Morgan fingerprint density at radius 1 is 0.857 bits per heavy atom. The Balaban J connectivity index is 1.66. The molecule has 0 unspecified atom stereocenters. The Morgan fingerprint density at radius 2 is 1.68 bits per heavy atom. The first-order chi connectivity index (χ1) is 13.5. The molecule has 4 nitrogen and oxygen atoms in total. The molecule has 3 aromatic carbocycles. The Kier molecular flexibility index (Phi) is 4.90. The average molecular weight is 410 g/mol. The zero-order chi connectivity index (χ0) is 19.7. The van der Waals surface area contributed by atoms with E-state index < -0.39 is 5.63 Å². The van der Waals surface area contributed by atoms with Gasteiger partial charge in [-0.1, -0.05) is 53.5 Å². The third kappa shape index (κ3) is 3.65. The zero-order valence-electron chi connectivity index (χ0n) is 14.4. The van der Waals surface area contributed by atoms with Crippen molar-refractivity contribution in [3.8, 4) is 11.1 Å². The fourth-order valence-electron chi connectivity index (χ4n) is 2.89. The highest BCUT2D eigenvalue weighted by Crippen LogP contribution is 2.30. The zero-order valence-corrected chi connectivity index (χ0v) is 15.9. The van der Waals surface area contributed by atoms with Crippen molar-refractivity contribution >= 4 is 45.8 Å². The number of benzene rings is 3. The molecule has 0 aliphatic heterocycles. The van der Waals surface area contributed by atoms with Crippen molar-refractivity contribution in [2.24, 2.45) is 0 Å². The molecule has 0 atom stereocenters. The molecule has 0 saturated heterocycles. The standard InChI is InChI=1S/C22H13Cl2NO3/c23-15-6-3-5-14(10-15)21(26)25-16-8-9-17(19(24)12-16)18-11-13-4-1-2-7-20(13)28-22(18)27/h1-12H,(H,25,26). The van der Waals surface area contributed by atoms with Crippen LogP contribution >= 0.6 is 23.2 Å². The molecule has 0 aliphatic carbocycles. The fourth-order valence-corrected chi connectivity index (χ4v) is 3.37. The second-order valence-electron chi connectivity index (χ2n) is 6.14. The van der Waals surface area contributed by atoms with Gasteiger partial charge in [0.15, 0.2) is 0 Å². The minimum Gasteiger partial charge on any atom is -0.422 e. The van der Waals surface area contributed by atoms with Gasteiger partial charge in [-0.2, -0.15) is 0 Å². The monoisotopic (exact) mass is 409 g/mol. The summed E-state index contributed by atoms with van der Waals surface area (Å²) in [7, 11) is 0. The van der Waals surface area contributed by atoms with Gasteiger partial charge >= 0.3 is 5.63 Å². The van der Waals surface area contributed by atoms with Gasteiger partial charge < -0.3 is 9.73 Å². The fraction of sp³-hybridized carbons (Fsp3) is 0. The summed E-state index contributed by atoms with van der Waals surface area (Å²) in [4.78, 5) is 24.7. The molecule has 4 aromatic rings. The topological polar surface area (TPSA) is 59.3 Å². The SMILES string of the molecule is O=C(Nc1ccc(-c2cc3ccccc3oc2=O)c(Cl)c1)c1cccc(Cl)c1. The maximum atomic E-state index is 12.4. The molecule has 0 aliphatic rings. The largest absolute Gasteiger partial charge is 0.422 e. The van der Waals surface area contributed by atoms with E-state index in [2.05, 4.69) is 5.32 Å².